The lowest BCUT2D eigenvalue weighted by Crippen LogP contribution is -2.27. The molecule has 1 fully saturated rings. The SMILES string of the molecule is COc1ccc(CN2C(=O)/C(=C/C3=Cc4cccc(OC)c4OC3C)SC2=S)cc1. The van der Waals surface area contributed by atoms with Gasteiger partial charge in [-0.3, -0.25) is 9.69 Å². The number of para-hydroxylation sites is 1. The predicted octanol–water partition coefficient (Wildman–Crippen LogP) is 4.81. The molecule has 30 heavy (non-hydrogen) atoms. The molecule has 1 saturated heterocycles. The molecular weight excluding hydrogens is 418 g/mol. The zero-order chi connectivity index (χ0) is 21.3. The van der Waals surface area contributed by atoms with Crippen LogP contribution in [0.2, 0.25) is 0 Å². The van der Waals surface area contributed by atoms with Crippen LogP contribution < -0.4 is 14.2 Å². The van der Waals surface area contributed by atoms with Gasteiger partial charge < -0.3 is 14.2 Å². The van der Waals surface area contributed by atoms with Crippen molar-refractivity contribution in [1.29, 1.82) is 0 Å². The standard InChI is InChI=1S/C23H21NO4S2/c1-14-17(11-16-5-4-6-19(27-3)21(16)28-14)12-20-22(25)24(23(29)30-20)13-15-7-9-18(26-2)10-8-15/h4-12,14H,13H2,1-3H3/b20-12-. The van der Waals surface area contributed by atoms with E-state index in [0.29, 0.717) is 21.5 Å². The Hall–Kier alpha value is -2.77. The molecule has 4 rings (SSSR count). The lowest BCUT2D eigenvalue weighted by molar-refractivity contribution is -0.122. The largest absolute Gasteiger partial charge is 0.497 e. The number of carbonyl (C=O) groups excluding carboxylic acids is 1. The summed E-state index contributed by atoms with van der Waals surface area (Å²) in [5.74, 6) is 2.10. The number of fused-ring (bicyclic) bond motifs is 1. The second-order valence-electron chi connectivity index (χ2n) is 6.90. The quantitative estimate of drug-likeness (QED) is 0.492. The number of rotatable bonds is 5. The molecule has 0 bridgehead atoms. The van der Waals surface area contributed by atoms with E-state index in [1.54, 1.807) is 19.1 Å². The van der Waals surface area contributed by atoms with E-state index in [0.717, 1.165) is 28.2 Å². The Bertz CT molecular complexity index is 1060. The van der Waals surface area contributed by atoms with Crippen molar-refractivity contribution in [1.82, 2.24) is 4.90 Å². The molecule has 7 heteroatoms. The molecule has 2 aliphatic rings. The van der Waals surface area contributed by atoms with Gasteiger partial charge in [-0.2, -0.15) is 0 Å². The average molecular weight is 440 g/mol. The number of amides is 1. The summed E-state index contributed by atoms with van der Waals surface area (Å²) in [6.45, 7) is 2.38. The average Bonchev–Trinajstić information content (AvgIpc) is 3.01. The van der Waals surface area contributed by atoms with Gasteiger partial charge in [0.1, 0.15) is 16.2 Å². The second kappa shape index (κ2) is 8.53. The molecule has 1 atom stereocenters. The summed E-state index contributed by atoms with van der Waals surface area (Å²) in [5, 5.41) is 0. The zero-order valence-corrected chi connectivity index (χ0v) is 18.5. The number of carbonyl (C=O) groups is 1. The molecule has 1 unspecified atom stereocenters. The molecule has 1 amide bonds. The third-order valence-corrected chi connectivity index (χ3v) is 6.36. The first-order chi connectivity index (χ1) is 14.5. The van der Waals surface area contributed by atoms with E-state index in [2.05, 4.69) is 0 Å². The number of methoxy groups -OCH3 is 2. The van der Waals surface area contributed by atoms with Crippen LogP contribution in [0.5, 0.6) is 17.2 Å². The van der Waals surface area contributed by atoms with Gasteiger partial charge in [0.15, 0.2) is 11.5 Å². The molecule has 0 aromatic heterocycles. The highest BCUT2D eigenvalue weighted by Crippen LogP contribution is 2.40. The van der Waals surface area contributed by atoms with Crippen molar-refractivity contribution < 1.29 is 19.0 Å². The maximum atomic E-state index is 13.0. The predicted molar refractivity (Wildman–Crippen MR) is 123 cm³/mol. The van der Waals surface area contributed by atoms with Crippen molar-refractivity contribution in [2.75, 3.05) is 14.2 Å². The van der Waals surface area contributed by atoms with E-state index in [1.165, 1.54) is 11.8 Å². The van der Waals surface area contributed by atoms with E-state index in [1.807, 2.05) is 61.5 Å². The number of nitrogens with zero attached hydrogens (tertiary/aromatic N) is 1. The smallest absolute Gasteiger partial charge is 0.266 e. The van der Waals surface area contributed by atoms with E-state index in [4.69, 9.17) is 26.4 Å². The summed E-state index contributed by atoms with van der Waals surface area (Å²) in [6, 6.07) is 13.4. The summed E-state index contributed by atoms with van der Waals surface area (Å²) in [5.41, 5.74) is 2.83. The Morgan fingerprint density at radius 3 is 2.63 bits per heavy atom. The Morgan fingerprint density at radius 1 is 1.17 bits per heavy atom. The van der Waals surface area contributed by atoms with Crippen LogP contribution in [0.4, 0.5) is 0 Å². The number of benzene rings is 2. The number of hydrogen-bond acceptors (Lipinski definition) is 6. The van der Waals surface area contributed by atoms with E-state index >= 15 is 0 Å². The Balaban J connectivity index is 1.57. The molecule has 0 aliphatic carbocycles. The lowest BCUT2D eigenvalue weighted by Gasteiger charge is -2.24. The molecule has 0 saturated carbocycles. The minimum absolute atomic E-state index is 0.0923. The highest BCUT2D eigenvalue weighted by Gasteiger charge is 2.33. The van der Waals surface area contributed by atoms with Crippen molar-refractivity contribution in [3.8, 4) is 17.2 Å². The molecule has 2 aromatic rings. The maximum Gasteiger partial charge on any atom is 0.266 e. The Kier molecular flexibility index (Phi) is 5.83. The summed E-state index contributed by atoms with van der Waals surface area (Å²) >= 11 is 6.79. The van der Waals surface area contributed by atoms with Gasteiger partial charge in [0.2, 0.25) is 0 Å². The summed E-state index contributed by atoms with van der Waals surface area (Å²) in [7, 11) is 3.25. The molecule has 0 radical (unpaired) electrons. The van der Waals surface area contributed by atoms with E-state index < -0.39 is 0 Å². The number of thiocarbonyl (C=S) groups is 1. The Morgan fingerprint density at radius 2 is 1.93 bits per heavy atom. The lowest BCUT2D eigenvalue weighted by atomic mass is 10.0. The van der Waals surface area contributed by atoms with Crippen LogP contribution in [0.15, 0.2) is 59.0 Å². The van der Waals surface area contributed by atoms with Crippen molar-refractivity contribution in [2.24, 2.45) is 0 Å². The summed E-state index contributed by atoms with van der Waals surface area (Å²) in [6.07, 6.45) is 3.70. The number of hydrogen-bond donors (Lipinski definition) is 0. The number of thioether (sulfide) groups is 1. The second-order valence-corrected chi connectivity index (χ2v) is 8.57. The van der Waals surface area contributed by atoms with E-state index in [9.17, 15) is 4.79 Å². The van der Waals surface area contributed by atoms with Gasteiger partial charge in [-0.15, -0.1) is 0 Å². The molecule has 2 aliphatic heterocycles. The van der Waals surface area contributed by atoms with Crippen LogP contribution in [0.25, 0.3) is 6.08 Å². The Labute approximate surface area is 185 Å². The van der Waals surface area contributed by atoms with Crippen LogP contribution >= 0.6 is 24.0 Å². The molecule has 0 spiro atoms. The normalized spacial score (nSPS) is 19.4. The molecular formula is C23H21NO4S2. The van der Waals surface area contributed by atoms with Gasteiger partial charge >= 0.3 is 0 Å². The zero-order valence-electron chi connectivity index (χ0n) is 16.9. The fourth-order valence-electron chi connectivity index (χ4n) is 3.34. The monoisotopic (exact) mass is 439 g/mol. The van der Waals surface area contributed by atoms with Crippen LogP contribution in [-0.2, 0) is 11.3 Å². The third-order valence-electron chi connectivity index (χ3n) is 4.99. The van der Waals surface area contributed by atoms with Crippen LogP contribution in [-0.4, -0.2) is 35.5 Å². The fourth-order valence-corrected chi connectivity index (χ4v) is 4.59. The molecule has 2 heterocycles. The van der Waals surface area contributed by atoms with Gasteiger partial charge in [-0.1, -0.05) is 48.2 Å². The first-order valence-corrected chi connectivity index (χ1v) is 10.7. The number of ether oxygens (including phenoxy) is 3. The summed E-state index contributed by atoms with van der Waals surface area (Å²) in [4.78, 5) is 15.2. The molecule has 2 aromatic carbocycles. The van der Waals surface area contributed by atoms with Crippen LogP contribution in [0.1, 0.15) is 18.1 Å². The van der Waals surface area contributed by atoms with E-state index in [-0.39, 0.29) is 12.0 Å². The maximum absolute atomic E-state index is 13.0. The van der Waals surface area contributed by atoms with Gasteiger partial charge in [-0.05, 0) is 48.4 Å². The van der Waals surface area contributed by atoms with Crippen LogP contribution in [0, 0.1) is 0 Å². The van der Waals surface area contributed by atoms with Gasteiger partial charge in [0, 0.05) is 5.56 Å². The van der Waals surface area contributed by atoms with Gasteiger partial charge in [0.05, 0.1) is 25.7 Å². The minimum atomic E-state index is -0.209. The minimum Gasteiger partial charge on any atom is -0.497 e. The van der Waals surface area contributed by atoms with Gasteiger partial charge in [0.25, 0.3) is 5.91 Å². The molecule has 154 valence electrons. The van der Waals surface area contributed by atoms with Crippen molar-refractivity contribution in [3.63, 3.8) is 0 Å². The van der Waals surface area contributed by atoms with Crippen molar-refractivity contribution >= 4 is 40.3 Å². The summed E-state index contributed by atoms with van der Waals surface area (Å²) < 4.78 is 17.2. The first kappa shape index (κ1) is 20.5. The van der Waals surface area contributed by atoms with Crippen LogP contribution in [0.3, 0.4) is 0 Å². The fraction of sp³-hybridized carbons (Fsp3) is 0.217. The highest BCUT2D eigenvalue weighted by atomic mass is 32.2. The first-order valence-electron chi connectivity index (χ1n) is 9.43. The molecule has 5 nitrogen and oxygen atoms in total. The van der Waals surface area contributed by atoms with Crippen molar-refractivity contribution in [2.45, 2.75) is 19.6 Å². The highest BCUT2D eigenvalue weighted by molar-refractivity contribution is 8.26. The third kappa shape index (κ3) is 3.95. The van der Waals surface area contributed by atoms with Gasteiger partial charge in [-0.25, -0.2) is 0 Å². The van der Waals surface area contributed by atoms with Crippen molar-refractivity contribution in [3.05, 3.63) is 70.1 Å². The molecule has 0 N–H and O–H groups in total. The topological polar surface area (TPSA) is 48.0 Å².